The fraction of sp³-hybridized carbons (Fsp3) is 0.727. The number of carbonyl (C=O) groups is 2. The summed E-state index contributed by atoms with van der Waals surface area (Å²) in [5.74, 6) is 1.78. The minimum Gasteiger partial charge on any atom is -0.382 e. The van der Waals surface area contributed by atoms with Crippen molar-refractivity contribution in [1.82, 2.24) is 0 Å². The Kier molecular flexibility index (Phi) is 3.25. The lowest BCUT2D eigenvalue weighted by molar-refractivity contribution is -0.157. The van der Waals surface area contributed by atoms with Crippen LogP contribution in [0.1, 0.15) is 52.9 Å². The first-order valence-electron chi connectivity index (χ1n) is 10.0. The van der Waals surface area contributed by atoms with Gasteiger partial charge in [-0.15, -0.1) is 0 Å². The maximum atomic E-state index is 12.3. The summed E-state index contributed by atoms with van der Waals surface area (Å²) in [5, 5.41) is 11.9. The third kappa shape index (κ3) is 1.75. The van der Waals surface area contributed by atoms with E-state index in [1.54, 1.807) is 0 Å². The molecule has 0 aromatic rings. The van der Waals surface area contributed by atoms with Crippen molar-refractivity contribution in [3.63, 3.8) is 0 Å². The van der Waals surface area contributed by atoms with E-state index in [0.717, 1.165) is 36.3 Å². The van der Waals surface area contributed by atoms with Crippen LogP contribution in [0.2, 0.25) is 0 Å². The molecule has 140 valence electrons. The highest BCUT2D eigenvalue weighted by Crippen LogP contribution is 2.72. The van der Waals surface area contributed by atoms with Gasteiger partial charge in [0.1, 0.15) is 5.60 Å². The number of hydrogen-bond acceptors (Lipinski definition) is 3. The molecule has 8 atom stereocenters. The van der Waals surface area contributed by atoms with Crippen LogP contribution in [0, 0.1) is 40.4 Å². The number of carbonyl (C=O) groups excluding carboxylic acids is 2. The van der Waals surface area contributed by atoms with Crippen LogP contribution in [0.25, 0.3) is 0 Å². The molecule has 0 heterocycles. The van der Waals surface area contributed by atoms with Crippen LogP contribution >= 0.6 is 11.6 Å². The first-order valence-corrected chi connectivity index (χ1v) is 10.4. The van der Waals surface area contributed by atoms with Crippen LogP contribution in [0.3, 0.4) is 0 Å². The van der Waals surface area contributed by atoms with Crippen molar-refractivity contribution in [3.05, 3.63) is 22.8 Å². The molecule has 0 aromatic carbocycles. The van der Waals surface area contributed by atoms with Gasteiger partial charge in [0, 0.05) is 21.8 Å². The molecule has 5 rings (SSSR count). The van der Waals surface area contributed by atoms with Gasteiger partial charge >= 0.3 is 0 Å². The lowest BCUT2D eigenvalue weighted by Crippen LogP contribution is -2.56. The molecule has 5 aliphatic carbocycles. The highest BCUT2D eigenvalue weighted by atomic mass is 35.5. The molecule has 4 heteroatoms. The third-order valence-corrected chi connectivity index (χ3v) is 9.56. The van der Waals surface area contributed by atoms with Gasteiger partial charge in [0.05, 0.1) is 0 Å². The normalized spacial score (nSPS) is 54.3. The number of rotatable bonds is 1. The molecule has 0 radical (unpaired) electrons. The van der Waals surface area contributed by atoms with E-state index in [2.05, 4.69) is 19.9 Å². The number of Topliss-reactive ketones (excluding diaryl/α,β-unsaturated/α-hetero) is 1. The van der Waals surface area contributed by atoms with Crippen molar-refractivity contribution >= 4 is 23.2 Å². The van der Waals surface area contributed by atoms with Crippen molar-refractivity contribution in [3.8, 4) is 0 Å². The topological polar surface area (TPSA) is 54.4 Å². The molecule has 3 fully saturated rings. The van der Waals surface area contributed by atoms with Crippen LogP contribution in [0.4, 0.5) is 0 Å². The van der Waals surface area contributed by atoms with Gasteiger partial charge in [0.25, 0.3) is 0 Å². The van der Waals surface area contributed by atoms with Crippen LogP contribution in [0.5, 0.6) is 0 Å². The van der Waals surface area contributed by atoms with E-state index in [1.807, 2.05) is 6.08 Å². The molecule has 1 N–H and O–H groups in total. The molecule has 0 aliphatic heterocycles. The standard InChI is InChI=1S/C22H27ClO3/c1-11(24)22(26)7-5-14-12-9-18(23)17-10-19(25)13-8-16(13)21(17,3)15(12)4-6-20(14,22)2/h9-10,12-16,26H,4-8H2,1-3H3/t12-,13+,14-,15+,16+,20-,21-,22+/m1/s1. The first-order chi connectivity index (χ1) is 12.1. The van der Waals surface area contributed by atoms with Crippen molar-refractivity contribution in [2.45, 2.75) is 58.5 Å². The van der Waals surface area contributed by atoms with Gasteiger partial charge in [-0.2, -0.15) is 0 Å². The summed E-state index contributed by atoms with van der Waals surface area (Å²) in [7, 11) is 0. The predicted octanol–water partition coefficient (Wildman–Crippen LogP) is 4.04. The lowest BCUT2D eigenvalue weighted by atomic mass is 9.47. The summed E-state index contributed by atoms with van der Waals surface area (Å²) in [4.78, 5) is 24.6. The highest BCUT2D eigenvalue weighted by molar-refractivity contribution is 6.32. The quantitative estimate of drug-likeness (QED) is 0.753. The van der Waals surface area contributed by atoms with Crippen LogP contribution in [-0.2, 0) is 9.59 Å². The number of hydrogen-bond donors (Lipinski definition) is 1. The van der Waals surface area contributed by atoms with Gasteiger partial charge in [-0.25, -0.2) is 0 Å². The second kappa shape index (κ2) is 4.91. The van der Waals surface area contributed by atoms with Gasteiger partial charge in [-0.05, 0) is 74.3 Å². The Hall–Kier alpha value is -0.930. The Bertz CT molecular complexity index is 797. The summed E-state index contributed by atoms with van der Waals surface area (Å²) < 4.78 is 0. The molecule has 0 unspecified atom stereocenters. The fourth-order valence-electron chi connectivity index (χ4n) is 7.56. The minimum atomic E-state index is -1.20. The maximum Gasteiger partial charge on any atom is 0.161 e. The van der Waals surface area contributed by atoms with E-state index in [4.69, 9.17) is 11.6 Å². The smallest absolute Gasteiger partial charge is 0.161 e. The Labute approximate surface area is 159 Å². The van der Waals surface area contributed by atoms with Crippen LogP contribution in [-0.4, -0.2) is 22.3 Å². The summed E-state index contributed by atoms with van der Waals surface area (Å²) in [6, 6.07) is 0. The van der Waals surface area contributed by atoms with Gasteiger partial charge in [-0.1, -0.05) is 31.5 Å². The van der Waals surface area contributed by atoms with E-state index in [-0.39, 0.29) is 40.2 Å². The molecule has 0 saturated heterocycles. The minimum absolute atomic E-state index is 0.0344. The zero-order valence-electron chi connectivity index (χ0n) is 15.7. The fourth-order valence-corrected chi connectivity index (χ4v) is 7.96. The average Bonchev–Trinajstić information content (AvgIpc) is 3.33. The van der Waals surface area contributed by atoms with Crippen LogP contribution in [0.15, 0.2) is 22.8 Å². The van der Waals surface area contributed by atoms with E-state index < -0.39 is 5.60 Å². The second-order valence-electron chi connectivity index (χ2n) is 9.91. The molecule has 0 aromatic heterocycles. The first kappa shape index (κ1) is 17.2. The second-order valence-corrected chi connectivity index (χ2v) is 10.3. The molecular weight excluding hydrogens is 348 g/mol. The van der Waals surface area contributed by atoms with E-state index in [0.29, 0.717) is 18.3 Å². The number of aliphatic hydroxyl groups is 1. The van der Waals surface area contributed by atoms with Crippen LogP contribution < -0.4 is 0 Å². The average molecular weight is 375 g/mol. The summed E-state index contributed by atoms with van der Waals surface area (Å²) in [6.45, 7) is 5.97. The number of allylic oxidation sites excluding steroid dienone is 4. The van der Waals surface area contributed by atoms with E-state index in [9.17, 15) is 14.7 Å². The zero-order valence-corrected chi connectivity index (χ0v) is 16.5. The Morgan fingerprint density at radius 1 is 1.19 bits per heavy atom. The number of halogens is 1. The monoisotopic (exact) mass is 374 g/mol. The van der Waals surface area contributed by atoms with Gasteiger partial charge in [0.15, 0.2) is 11.6 Å². The number of fused-ring (bicyclic) bond motifs is 7. The third-order valence-electron chi connectivity index (χ3n) is 9.23. The Balaban J connectivity index is 1.62. The number of ketones is 2. The van der Waals surface area contributed by atoms with Gasteiger partial charge in [0.2, 0.25) is 0 Å². The summed E-state index contributed by atoms with van der Waals surface area (Å²) >= 11 is 6.73. The van der Waals surface area contributed by atoms with Crippen molar-refractivity contribution in [2.75, 3.05) is 0 Å². The van der Waals surface area contributed by atoms with Gasteiger partial charge < -0.3 is 5.11 Å². The molecular formula is C22H27ClO3. The summed E-state index contributed by atoms with van der Waals surface area (Å²) in [5.41, 5.74) is -0.566. The van der Waals surface area contributed by atoms with E-state index in [1.165, 1.54) is 6.92 Å². The molecule has 3 nitrogen and oxygen atoms in total. The summed E-state index contributed by atoms with van der Waals surface area (Å²) in [6.07, 6.45) is 8.25. The molecule has 0 bridgehead atoms. The maximum absolute atomic E-state index is 12.3. The molecule has 0 amide bonds. The van der Waals surface area contributed by atoms with Gasteiger partial charge in [-0.3, -0.25) is 9.59 Å². The molecule has 26 heavy (non-hydrogen) atoms. The molecule has 3 saturated carbocycles. The zero-order chi connectivity index (χ0) is 18.6. The Morgan fingerprint density at radius 3 is 2.58 bits per heavy atom. The molecule has 0 spiro atoms. The Morgan fingerprint density at radius 2 is 1.88 bits per heavy atom. The predicted molar refractivity (Wildman–Crippen MR) is 99.4 cm³/mol. The van der Waals surface area contributed by atoms with E-state index >= 15 is 0 Å². The van der Waals surface area contributed by atoms with Crippen molar-refractivity contribution in [2.24, 2.45) is 40.4 Å². The molecule has 5 aliphatic rings. The van der Waals surface area contributed by atoms with Crippen molar-refractivity contribution < 1.29 is 14.7 Å². The SMILES string of the molecule is CC(=O)[C@@]1(O)CC[C@@H]2[C@H]3C=C(Cl)C4=CC(=O)[C@H]5C[C@@H]5[C@@]4(C)[C@H]3CC[C@]21C. The van der Waals surface area contributed by atoms with Crippen molar-refractivity contribution in [1.29, 1.82) is 0 Å². The largest absolute Gasteiger partial charge is 0.382 e. The highest BCUT2D eigenvalue weighted by Gasteiger charge is 2.69. The lowest BCUT2D eigenvalue weighted by Gasteiger charge is -2.57.